The monoisotopic (exact) mass is 406 g/mol. The molecule has 3 rings (SSSR count). The highest BCUT2D eigenvalue weighted by molar-refractivity contribution is 7.92. The quantitative estimate of drug-likeness (QED) is 0.654. The lowest BCUT2D eigenvalue weighted by Gasteiger charge is -2.24. The molecule has 0 radical (unpaired) electrons. The van der Waals surface area contributed by atoms with Gasteiger partial charge in [-0.2, -0.15) is 0 Å². The summed E-state index contributed by atoms with van der Waals surface area (Å²) in [5, 5.41) is 2.56. The number of hydrogen-bond acceptors (Lipinski definition) is 4. The number of nitrogens with zero attached hydrogens (tertiary/aromatic N) is 1. The van der Waals surface area contributed by atoms with Crippen molar-refractivity contribution in [3.05, 3.63) is 84.3 Å². The number of anilines is 1. The van der Waals surface area contributed by atoms with Crippen LogP contribution >= 0.6 is 0 Å². The number of carbonyl (C=O) groups excluding carboxylic acids is 1. The zero-order valence-electron chi connectivity index (χ0n) is 14.5. The van der Waals surface area contributed by atoms with Gasteiger partial charge in [-0.1, -0.05) is 0 Å². The number of halogens is 2. The van der Waals surface area contributed by atoms with Gasteiger partial charge in [0, 0.05) is 0 Å². The SMILES string of the molecule is O=C(CN(c1ccc(F)cc1)S(=O)(=O)c1ccc(F)cc1)NCc1ccco1. The molecule has 1 aromatic heterocycles. The molecule has 1 heterocycles. The van der Waals surface area contributed by atoms with Crippen LogP contribution in [0.15, 0.2) is 76.2 Å². The van der Waals surface area contributed by atoms with Crippen molar-refractivity contribution in [2.75, 3.05) is 10.8 Å². The summed E-state index contributed by atoms with van der Waals surface area (Å²) in [7, 11) is -4.19. The van der Waals surface area contributed by atoms with Crippen molar-refractivity contribution in [2.24, 2.45) is 0 Å². The number of furan rings is 1. The molecule has 1 amide bonds. The van der Waals surface area contributed by atoms with Gasteiger partial charge >= 0.3 is 0 Å². The average Bonchev–Trinajstić information content (AvgIpc) is 3.19. The fourth-order valence-electron chi connectivity index (χ4n) is 2.44. The molecule has 9 heteroatoms. The van der Waals surface area contributed by atoms with E-state index in [9.17, 15) is 22.0 Å². The lowest BCUT2D eigenvalue weighted by molar-refractivity contribution is -0.119. The molecule has 146 valence electrons. The second-order valence-corrected chi connectivity index (χ2v) is 7.66. The van der Waals surface area contributed by atoms with Crippen LogP contribution in [0.25, 0.3) is 0 Å². The highest BCUT2D eigenvalue weighted by atomic mass is 32.2. The topological polar surface area (TPSA) is 79.6 Å². The maximum Gasteiger partial charge on any atom is 0.264 e. The first-order chi connectivity index (χ1) is 13.4. The maximum atomic E-state index is 13.3. The van der Waals surface area contributed by atoms with Crippen LogP contribution < -0.4 is 9.62 Å². The zero-order chi connectivity index (χ0) is 20.1. The summed E-state index contributed by atoms with van der Waals surface area (Å²) in [5.41, 5.74) is 0.0962. The molecule has 0 spiro atoms. The molecule has 2 aromatic carbocycles. The Kier molecular flexibility index (Phi) is 5.74. The van der Waals surface area contributed by atoms with Gasteiger partial charge < -0.3 is 9.73 Å². The first-order valence-corrected chi connectivity index (χ1v) is 9.63. The molecule has 0 bridgehead atoms. The average molecular weight is 406 g/mol. The molecule has 28 heavy (non-hydrogen) atoms. The first kappa shape index (κ1) is 19.6. The summed E-state index contributed by atoms with van der Waals surface area (Å²) in [5.74, 6) is -1.23. The van der Waals surface area contributed by atoms with Crippen LogP contribution in [0.2, 0.25) is 0 Å². The zero-order valence-corrected chi connectivity index (χ0v) is 15.3. The van der Waals surface area contributed by atoms with E-state index in [0.29, 0.717) is 5.76 Å². The second kappa shape index (κ2) is 8.22. The van der Waals surface area contributed by atoms with Crippen LogP contribution in [-0.2, 0) is 21.4 Å². The number of carbonyl (C=O) groups is 1. The Balaban J connectivity index is 1.87. The summed E-state index contributed by atoms with van der Waals surface area (Å²) >= 11 is 0. The normalized spacial score (nSPS) is 11.2. The predicted molar refractivity (Wildman–Crippen MR) is 97.9 cm³/mol. The van der Waals surface area contributed by atoms with Crippen molar-refractivity contribution in [1.82, 2.24) is 5.32 Å². The van der Waals surface area contributed by atoms with Gasteiger partial charge in [-0.3, -0.25) is 9.10 Å². The Bertz CT molecular complexity index is 1030. The molecular formula is C19H16F2N2O4S. The largest absolute Gasteiger partial charge is 0.467 e. The Labute approximate surface area is 160 Å². The molecule has 6 nitrogen and oxygen atoms in total. The lowest BCUT2D eigenvalue weighted by Crippen LogP contribution is -2.40. The van der Waals surface area contributed by atoms with Gasteiger partial charge in [-0.05, 0) is 60.7 Å². The van der Waals surface area contributed by atoms with E-state index in [1.165, 1.54) is 18.4 Å². The van der Waals surface area contributed by atoms with Crippen molar-refractivity contribution in [2.45, 2.75) is 11.4 Å². The maximum absolute atomic E-state index is 13.3. The van der Waals surface area contributed by atoms with E-state index in [4.69, 9.17) is 4.42 Å². The third-order valence-corrected chi connectivity index (χ3v) is 5.63. The van der Waals surface area contributed by atoms with Crippen molar-refractivity contribution in [1.29, 1.82) is 0 Å². The van der Waals surface area contributed by atoms with E-state index in [2.05, 4.69) is 5.32 Å². The highest BCUT2D eigenvalue weighted by Crippen LogP contribution is 2.24. The Morgan fingerprint density at radius 3 is 2.14 bits per heavy atom. The molecule has 0 unspecified atom stereocenters. The molecule has 0 fully saturated rings. The van der Waals surface area contributed by atoms with Crippen LogP contribution in [0.4, 0.5) is 14.5 Å². The molecule has 0 saturated heterocycles. The van der Waals surface area contributed by atoms with Crippen molar-refractivity contribution < 1.29 is 26.4 Å². The Morgan fingerprint density at radius 2 is 1.57 bits per heavy atom. The third-order valence-electron chi connectivity index (χ3n) is 3.84. The summed E-state index contributed by atoms with van der Waals surface area (Å²) in [4.78, 5) is 12.1. The van der Waals surface area contributed by atoms with E-state index in [0.717, 1.165) is 40.7 Å². The predicted octanol–water partition coefficient (Wildman–Crippen LogP) is 3.07. The minimum atomic E-state index is -4.19. The molecule has 1 N–H and O–H groups in total. The van der Waals surface area contributed by atoms with E-state index >= 15 is 0 Å². The van der Waals surface area contributed by atoms with Crippen molar-refractivity contribution in [3.8, 4) is 0 Å². The smallest absolute Gasteiger partial charge is 0.264 e. The number of sulfonamides is 1. The summed E-state index contributed by atoms with van der Waals surface area (Å²) < 4.78 is 58.4. The molecule has 0 saturated carbocycles. The van der Waals surface area contributed by atoms with Crippen LogP contribution in [-0.4, -0.2) is 20.9 Å². The molecule has 0 aliphatic heterocycles. The van der Waals surface area contributed by atoms with Gasteiger partial charge in [-0.25, -0.2) is 17.2 Å². The fourth-order valence-corrected chi connectivity index (χ4v) is 3.86. The molecular weight excluding hydrogens is 390 g/mol. The van der Waals surface area contributed by atoms with Gasteiger partial charge in [0.05, 0.1) is 23.4 Å². The lowest BCUT2D eigenvalue weighted by atomic mass is 10.3. The van der Waals surface area contributed by atoms with Crippen LogP contribution in [0.1, 0.15) is 5.76 Å². The van der Waals surface area contributed by atoms with E-state index in [1.807, 2.05) is 0 Å². The van der Waals surface area contributed by atoms with Gasteiger partial charge in [0.25, 0.3) is 10.0 Å². The first-order valence-electron chi connectivity index (χ1n) is 8.19. The summed E-state index contributed by atoms with van der Waals surface area (Å²) in [6.45, 7) is -0.467. The van der Waals surface area contributed by atoms with Gasteiger partial charge in [0.15, 0.2) is 0 Å². The van der Waals surface area contributed by atoms with Crippen molar-refractivity contribution in [3.63, 3.8) is 0 Å². The summed E-state index contributed by atoms with van der Waals surface area (Å²) in [6.07, 6.45) is 1.45. The second-order valence-electron chi connectivity index (χ2n) is 5.80. The van der Waals surface area contributed by atoms with E-state index < -0.39 is 34.1 Å². The third kappa shape index (κ3) is 4.55. The minimum Gasteiger partial charge on any atom is -0.467 e. The van der Waals surface area contributed by atoms with E-state index in [-0.39, 0.29) is 17.1 Å². The fraction of sp³-hybridized carbons (Fsp3) is 0.105. The van der Waals surface area contributed by atoms with Crippen LogP contribution in [0, 0.1) is 11.6 Å². The van der Waals surface area contributed by atoms with Gasteiger partial charge in [0.2, 0.25) is 5.91 Å². The molecule has 0 aliphatic carbocycles. The molecule has 3 aromatic rings. The van der Waals surface area contributed by atoms with Gasteiger partial charge in [0.1, 0.15) is 23.9 Å². The highest BCUT2D eigenvalue weighted by Gasteiger charge is 2.27. The number of nitrogens with one attached hydrogen (secondary N) is 1. The Morgan fingerprint density at radius 1 is 0.964 bits per heavy atom. The number of benzene rings is 2. The number of amides is 1. The standard InChI is InChI=1S/C19H16F2N2O4S/c20-14-3-7-16(8-4-14)23(13-19(24)22-12-17-2-1-11-27-17)28(25,26)18-9-5-15(21)6-10-18/h1-11H,12-13H2,(H,22,24). The molecule has 0 aliphatic rings. The summed E-state index contributed by atoms with van der Waals surface area (Å²) in [6, 6.07) is 12.2. The number of hydrogen-bond donors (Lipinski definition) is 1. The Hall–Kier alpha value is -3.20. The number of rotatable bonds is 7. The van der Waals surface area contributed by atoms with Gasteiger partial charge in [-0.15, -0.1) is 0 Å². The molecule has 0 atom stereocenters. The van der Waals surface area contributed by atoms with Crippen LogP contribution in [0.5, 0.6) is 0 Å². The minimum absolute atomic E-state index is 0.0830. The van der Waals surface area contributed by atoms with Crippen molar-refractivity contribution >= 4 is 21.6 Å². The van der Waals surface area contributed by atoms with E-state index in [1.54, 1.807) is 12.1 Å². The van der Waals surface area contributed by atoms with Crippen LogP contribution in [0.3, 0.4) is 0 Å².